The van der Waals surface area contributed by atoms with Gasteiger partial charge in [0.05, 0.1) is 23.1 Å². The molecular weight excluding hydrogens is 464 g/mol. The number of rotatable bonds is 10. The van der Waals surface area contributed by atoms with Crippen molar-refractivity contribution in [2.24, 2.45) is 5.92 Å². The fourth-order valence-corrected chi connectivity index (χ4v) is 4.85. The smallest absolute Gasteiger partial charge is 0.266 e. The summed E-state index contributed by atoms with van der Waals surface area (Å²) in [6.07, 6.45) is 4.21. The van der Waals surface area contributed by atoms with Crippen LogP contribution in [0.4, 0.5) is 0 Å². The van der Waals surface area contributed by atoms with Crippen molar-refractivity contribution in [3.8, 4) is 17.6 Å². The number of ether oxygens (including phenoxy) is 2. The van der Waals surface area contributed by atoms with E-state index in [4.69, 9.17) is 21.7 Å². The van der Waals surface area contributed by atoms with E-state index in [1.165, 1.54) is 11.8 Å². The van der Waals surface area contributed by atoms with Crippen molar-refractivity contribution >= 4 is 40.3 Å². The zero-order valence-corrected chi connectivity index (χ0v) is 21.3. The molecule has 0 saturated carbocycles. The second kappa shape index (κ2) is 11.9. The Morgan fingerprint density at radius 2 is 2.00 bits per heavy atom. The molecule has 34 heavy (non-hydrogen) atoms. The van der Waals surface area contributed by atoms with Crippen LogP contribution in [0.3, 0.4) is 0 Å². The Kier molecular flexibility index (Phi) is 8.91. The molecule has 2 aromatic rings. The van der Waals surface area contributed by atoms with Crippen LogP contribution in [0.15, 0.2) is 54.0 Å². The van der Waals surface area contributed by atoms with E-state index >= 15 is 0 Å². The van der Waals surface area contributed by atoms with E-state index in [1.807, 2.05) is 43.3 Å². The van der Waals surface area contributed by atoms with E-state index in [1.54, 1.807) is 17.0 Å². The topological polar surface area (TPSA) is 62.6 Å². The maximum Gasteiger partial charge on any atom is 0.266 e. The molecule has 5 nitrogen and oxygen atoms in total. The molecule has 1 fully saturated rings. The summed E-state index contributed by atoms with van der Waals surface area (Å²) in [6.45, 7) is 11.2. The van der Waals surface area contributed by atoms with Crippen LogP contribution in [0, 0.1) is 17.2 Å². The van der Waals surface area contributed by atoms with Crippen molar-refractivity contribution < 1.29 is 14.3 Å². The van der Waals surface area contributed by atoms with Gasteiger partial charge in [0, 0.05) is 17.7 Å². The molecule has 0 radical (unpaired) electrons. The monoisotopic (exact) mass is 492 g/mol. The summed E-state index contributed by atoms with van der Waals surface area (Å²) in [5, 5.41) is 9.38. The van der Waals surface area contributed by atoms with Crippen LogP contribution in [0.2, 0.25) is 0 Å². The quantitative estimate of drug-likeness (QED) is 0.226. The van der Waals surface area contributed by atoms with Crippen LogP contribution >= 0.6 is 24.0 Å². The maximum absolute atomic E-state index is 12.9. The molecule has 1 aliphatic heterocycles. The second-order valence-electron chi connectivity index (χ2n) is 8.18. The molecule has 0 bridgehead atoms. The van der Waals surface area contributed by atoms with Gasteiger partial charge in [0.1, 0.15) is 10.9 Å². The summed E-state index contributed by atoms with van der Waals surface area (Å²) >= 11 is 6.75. The number of thiocarbonyl (C=S) groups is 1. The number of amides is 1. The average Bonchev–Trinajstić information content (AvgIpc) is 3.06. The number of thioether (sulfide) groups is 1. The second-order valence-corrected chi connectivity index (χ2v) is 9.85. The van der Waals surface area contributed by atoms with Gasteiger partial charge >= 0.3 is 0 Å². The van der Waals surface area contributed by atoms with Gasteiger partial charge in [-0.15, -0.1) is 6.58 Å². The van der Waals surface area contributed by atoms with Crippen LogP contribution in [-0.4, -0.2) is 28.3 Å². The van der Waals surface area contributed by atoms with Crippen LogP contribution in [0.5, 0.6) is 11.5 Å². The lowest BCUT2D eigenvalue weighted by molar-refractivity contribution is -0.122. The standard InChI is InChI=1S/C27H28N2O3S2/c1-5-9-20-12-19(14-24-26(30)29(16-18(3)4)27(33)34-24)13-23(31-6-2)25(20)32-17-22-11-8-7-10-21(22)15-28/h5,7-8,10-14,18H,1,6,9,16-17H2,2-4H3/b24-14-. The molecule has 0 atom stereocenters. The minimum absolute atomic E-state index is 0.0691. The lowest BCUT2D eigenvalue weighted by Crippen LogP contribution is -2.31. The molecule has 2 aromatic carbocycles. The molecule has 1 aliphatic rings. The van der Waals surface area contributed by atoms with Crippen LogP contribution in [0.25, 0.3) is 6.08 Å². The van der Waals surface area contributed by atoms with Crippen LogP contribution < -0.4 is 9.47 Å². The highest BCUT2D eigenvalue weighted by atomic mass is 32.2. The molecule has 0 aromatic heterocycles. The van der Waals surface area contributed by atoms with E-state index in [0.29, 0.717) is 51.8 Å². The number of carbonyl (C=O) groups is 1. The van der Waals surface area contributed by atoms with E-state index in [2.05, 4.69) is 26.5 Å². The molecule has 0 spiro atoms. The zero-order valence-electron chi connectivity index (χ0n) is 19.7. The summed E-state index contributed by atoms with van der Waals surface area (Å²) in [4.78, 5) is 15.2. The zero-order chi connectivity index (χ0) is 24.7. The normalized spacial score (nSPS) is 14.6. The molecule has 176 valence electrons. The highest BCUT2D eigenvalue weighted by Crippen LogP contribution is 2.38. The van der Waals surface area contributed by atoms with Crippen LogP contribution in [0.1, 0.15) is 43.0 Å². The van der Waals surface area contributed by atoms with Crippen molar-refractivity contribution in [3.05, 3.63) is 76.2 Å². The fraction of sp³-hybridized carbons (Fsp3) is 0.296. The Bertz CT molecular complexity index is 1160. The van der Waals surface area contributed by atoms with E-state index in [0.717, 1.165) is 16.7 Å². The molecule has 0 N–H and O–H groups in total. The number of allylic oxidation sites excluding steroid dienone is 1. The summed E-state index contributed by atoms with van der Waals surface area (Å²) in [7, 11) is 0. The number of nitrogens with zero attached hydrogens (tertiary/aromatic N) is 2. The van der Waals surface area contributed by atoms with Crippen molar-refractivity contribution in [1.29, 1.82) is 5.26 Å². The Hall–Kier alpha value is -3.08. The van der Waals surface area contributed by atoms with Crippen LogP contribution in [-0.2, 0) is 17.8 Å². The molecule has 0 aliphatic carbocycles. The lowest BCUT2D eigenvalue weighted by atomic mass is 10.0. The van der Waals surface area contributed by atoms with Gasteiger partial charge < -0.3 is 9.47 Å². The maximum atomic E-state index is 12.9. The molecule has 1 saturated heterocycles. The summed E-state index contributed by atoms with van der Waals surface area (Å²) in [6, 6.07) is 13.4. The third-order valence-corrected chi connectivity index (χ3v) is 6.42. The largest absolute Gasteiger partial charge is 0.490 e. The third kappa shape index (κ3) is 6.07. The van der Waals surface area contributed by atoms with E-state index in [-0.39, 0.29) is 12.5 Å². The van der Waals surface area contributed by atoms with Crippen molar-refractivity contribution in [2.75, 3.05) is 13.2 Å². The Morgan fingerprint density at radius 3 is 2.68 bits per heavy atom. The van der Waals surface area contributed by atoms with Gasteiger partial charge in [-0.3, -0.25) is 9.69 Å². The fourth-order valence-electron chi connectivity index (χ4n) is 3.58. The first-order valence-electron chi connectivity index (χ1n) is 11.1. The Morgan fingerprint density at radius 1 is 1.24 bits per heavy atom. The molecule has 1 heterocycles. The first-order chi connectivity index (χ1) is 16.4. The van der Waals surface area contributed by atoms with Crippen molar-refractivity contribution in [2.45, 2.75) is 33.8 Å². The predicted molar refractivity (Wildman–Crippen MR) is 142 cm³/mol. The summed E-state index contributed by atoms with van der Waals surface area (Å²) in [5.74, 6) is 1.45. The summed E-state index contributed by atoms with van der Waals surface area (Å²) < 4.78 is 12.7. The van der Waals surface area contributed by atoms with Gasteiger partial charge in [0.25, 0.3) is 5.91 Å². The minimum atomic E-state index is -0.0691. The third-order valence-electron chi connectivity index (χ3n) is 5.05. The van der Waals surface area contributed by atoms with Gasteiger partial charge in [-0.2, -0.15) is 5.26 Å². The SMILES string of the molecule is C=CCc1cc(/C=C2\SC(=S)N(CC(C)C)C2=O)cc(OCC)c1OCc1ccccc1C#N. The summed E-state index contributed by atoms with van der Waals surface area (Å²) in [5.41, 5.74) is 3.09. The molecule has 7 heteroatoms. The van der Waals surface area contributed by atoms with Gasteiger partial charge in [0.15, 0.2) is 11.5 Å². The van der Waals surface area contributed by atoms with Crippen molar-refractivity contribution in [1.82, 2.24) is 4.90 Å². The predicted octanol–water partition coefficient (Wildman–Crippen LogP) is 6.12. The number of nitriles is 1. The Balaban J connectivity index is 1.96. The highest BCUT2D eigenvalue weighted by Gasteiger charge is 2.32. The average molecular weight is 493 g/mol. The van der Waals surface area contributed by atoms with Gasteiger partial charge in [-0.25, -0.2) is 0 Å². The molecule has 1 amide bonds. The highest BCUT2D eigenvalue weighted by molar-refractivity contribution is 8.26. The Labute approximate surface area is 211 Å². The minimum Gasteiger partial charge on any atom is -0.490 e. The first-order valence-corrected chi connectivity index (χ1v) is 12.4. The number of hydrogen-bond donors (Lipinski definition) is 0. The van der Waals surface area contributed by atoms with Gasteiger partial charge in [-0.1, -0.05) is 62.1 Å². The van der Waals surface area contributed by atoms with Gasteiger partial charge in [0.2, 0.25) is 0 Å². The molecule has 3 rings (SSSR count). The molecular formula is C27H28N2O3S2. The number of carbonyl (C=O) groups excluding carboxylic acids is 1. The number of benzene rings is 2. The van der Waals surface area contributed by atoms with E-state index in [9.17, 15) is 10.1 Å². The van der Waals surface area contributed by atoms with E-state index < -0.39 is 0 Å². The lowest BCUT2D eigenvalue weighted by Gasteiger charge is -2.17. The number of hydrogen-bond acceptors (Lipinski definition) is 6. The molecule has 0 unspecified atom stereocenters. The van der Waals surface area contributed by atoms with Crippen molar-refractivity contribution in [3.63, 3.8) is 0 Å². The van der Waals surface area contributed by atoms with Gasteiger partial charge in [-0.05, 0) is 49.1 Å². The first kappa shape index (κ1) is 25.5.